The minimum Gasteiger partial charge on any atom is -0.357 e. The molecule has 0 atom stereocenters. The molecule has 1 heterocycles. The van der Waals surface area contributed by atoms with Crippen molar-refractivity contribution in [3.05, 3.63) is 42.1 Å². The predicted molar refractivity (Wildman–Crippen MR) is 110 cm³/mol. The van der Waals surface area contributed by atoms with E-state index in [9.17, 15) is 0 Å². The molecule has 0 fully saturated rings. The molecule has 0 saturated heterocycles. The van der Waals surface area contributed by atoms with Crippen LogP contribution < -0.4 is 10.6 Å². The fourth-order valence-electron chi connectivity index (χ4n) is 2.38. The number of hydrogen-bond acceptors (Lipinski definition) is 2. The SMILES string of the molecule is CCCCCNC(=NCc1ccnc2ccccc12)NCC.I. The van der Waals surface area contributed by atoms with Gasteiger partial charge in [0, 0.05) is 24.7 Å². The molecule has 0 aliphatic rings. The Balaban J connectivity index is 0.00000264. The number of aromatic nitrogens is 1. The first kappa shape index (κ1) is 19.7. The normalized spacial score (nSPS) is 11.1. The molecule has 0 radical (unpaired) electrons. The summed E-state index contributed by atoms with van der Waals surface area (Å²) >= 11 is 0. The fourth-order valence-corrected chi connectivity index (χ4v) is 2.38. The van der Waals surface area contributed by atoms with Gasteiger partial charge >= 0.3 is 0 Å². The zero-order valence-corrected chi connectivity index (χ0v) is 16.3. The maximum absolute atomic E-state index is 4.70. The van der Waals surface area contributed by atoms with Crippen LogP contribution in [0.15, 0.2) is 41.5 Å². The third kappa shape index (κ3) is 6.33. The van der Waals surface area contributed by atoms with Gasteiger partial charge in [-0.05, 0) is 31.0 Å². The zero-order valence-electron chi connectivity index (χ0n) is 14.0. The van der Waals surface area contributed by atoms with Crippen molar-refractivity contribution in [1.29, 1.82) is 0 Å². The lowest BCUT2D eigenvalue weighted by atomic mass is 10.1. The highest BCUT2D eigenvalue weighted by molar-refractivity contribution is 14.0. The van der Waals surface area contributed by atoms with Gasteiger partial charge in [0.05, 0.1) is 12.1 Å². The highest BCUT2D eigenvalue weighted by atomic mass is 127. The Morgan fingerprint density at radius 3 is 2.70 bits per heavy atom. The number of rotatable bonds is 7. The summed E-state index contributed by atoms with van der Waals surface area (Å²) in [6, 6.07) is 10.3. The number of fused-ring (bicyclic) bond motifs is 1. The summed E-state index contributed by atoms with van der Waals surface area (Å²) in [6.07, 6.45) is 5.52. The lowest BCUT2D eigenvalue weighted by Crippen LogP contribution is -2.37. The van der Waals surface area contributed by atoms with E-state index in [1.165, 1.54) is 30.2 Å². The number of unbranched alkanes of at least 4 members (excludes halogenated alkanes) is 2. The first-order valence-electron chi connectivity index (χ1n) is 8.20. The number of hydrogen-bond donors (Lipinski definition) is 2. The van der Waals surface area contributed by atoms with Crippen molar-refractivity contribution in [3.8, 4) is 0 Å². The van der Waals surface area contributed by atoms with Crippen LogP contribution in [0.5, 0.6) is 0 Å². The maximum Gasteiger partial charge on any atom is 0.191 e. The molecule has 0 saturated carbocycles. The van der Waals surface area contributed by atoms with Crippen LogP contribution in [0.4, 0.5) is 0 Å². The van der Waals surface area contributed by atoms with Crippen LogP contribution in [0.2, 0.25) is 0 Å². The van der Waals surface area contributed by atoms with Crippen LogP contribution in [0.3, 0.4) is 0 Å². The van der Waals surface area contributed by atoms with E-state index in [-0.39, 0.29) is 24.0 Å². The van der Waals surface area contributed by atoms with Crippen LogP contribution in [0, 0.1) is 0 Å². The molecule has 1 aromatic carbocycles. The van der Waals surface area contributed by atoms with Crippen molar-refractivity contribution in [2.24, 2.45) is 4.99 Å². The molecule has 0 aliphatic carbocycles. The topological polar surface area (TPSA) is 49.3 Å². The number of nitrogens with one attached hydrogen (secondary N) is 2. The number of nitrogens with zero attached hydrogens (tertiary/aromatic N) is 2. The molecule has 23 heavy (non-hydrogen) atoms. The van der Waals surface area contributed by atoms with E-state index < -0.39 is 0 Å². The van der Waals surface area contributed by atoms with Crippen molar-refractivity contribution >= 4 is 40.8 Å². The van der Waals surface area contributed by atoms with E-state index in [1.807, 2.05) is 30.5 Å². The van der Waals surface area contributed by atoms with Gasteiger partial charge in [-0.2, -0.15) is 0 Å². The third-order valence-corrected chi connectivity index (χ3v) is 3.56. The van der Waals surface area contributed by atoms with Gasteiger partial charge in [-0.15, -0.1) is 24.0 Å². The Kier molecular flexibility index (Phi) is 9.59. The van der Waals surface area contributed by atoms with E-state index in [0.717, 1.165) is 24.6 Å². The van der Waals surface area contributed by atoms with Crippen molar-refractivity contribution in [1.82, 2.24) is 15.6 Å². The van der Waals surface area contributed by atoms with Crippen molar-refractivity contribution in [2.75, 3.05) is 13.1 Å². The Morgan fingerprint density at radius 1 is 1.09 bits per heavy atom. The highest BCUT2D eigenvalue weighted by Gasteiger charge is 2.02. The van der Waals surface area contributed by atoms with Gasteiger partial charge in [-0.3, -0.25) is 4.98 Å². The molecule has 2 rings (SSSR count). The predicted octanol–water partition coefficient (Wildman–Crippen LogP) is 4.10. The number of halogens is 1. The summed E-state index contributed by atoms with van der Waals surface area (Å²) in [5.74, 6) is 0.888. The Morgan fingerprint density at radius 2 is 1.91 bits per heavy atom. The largest absolute Gasteiger partial charge is 0.357 e. The van der Waals surface area contributed by atoms with Gasteiger partial charge in [0.15, 0.2) is 5.96 Å². The van der Waals surface area contributed by atoms with Crippen LogP contribution >= 0.6 is 24.0 Å². The zero-order chi connectivity index (χ0) is 15.6. The number of para-hydroxylation sites is 1. The van der Waals surface area contributed by atoms with Gasteiger partial charge in [0.1, 0.15) is 0 Å². The monoisotopic (exact) mass is 426 g/mol. The lowest BCUT2D eigenvalue weighted by molar-refractivity contribution is 0.683. The molecular formula is C18H27IN4. The van der Waals surface area contributed by atoms with Crippen LogP contribution in [0.1, 0.15) is 38.7 Å². The van der Waals surface area contributed by atoms with E-state index in [0.29, 0.717) is 6.54 Å². The van der Waals surface area contributed by atoms with E-state index in [4.69, 9.17) is 4.99 Å². The second-order valence-corrected chi connectivity index (χ2v) is 5.32. The Bertz CT molecular complexity index is 607. The number of guanidine groups is 1. The maximum atomic E-state index is 4.70. The number of aliphatic imine (C=N–C) groups is 1. The summed E-state index contributed by atoms with van der Waals surface area (Å²) in [7, 11) is 0. The van der Waals surface area contributed by atoms with E-state index in [2.05, 4.69) is 35.5 Å². The molecule has 2 N–H and O–H groups in total. The van der Waals surface area contributed by atoms with Gasteiger partial charge in [0.2, 0.25) is 0 Å². The van der Waals surface area contributed by atoms with Crippen molar-refractivity contribution in [3.63, 3.8) is 0 Å². The minimum absolute atomic E-state index is 0. The smallest absolute Gasteiger partial charge is 0.191 e. The molecule has 2 aromatic rings. The quantitative estimate of drug-likeness (QED) is 0.303. The standard InChI is InChI=1S/C18H26N4.HI/c1-3-5-8-12-21-18(19-4-2)22-14-15-11-13-20-17-10-7-6-9-16(15)17;/h6-7,9-11,13H,3-5,8,12,14H2,1-2H3,(H2,19,21,22);1H. The first-order chi connectivity index (χ1) is 10.8. The van der Waals surface area contributed by atoms with Gasteiger partial charge in [-0.25, -0.2) is 4.99 Å². The average Bonchev–Trinajstić information content (AvgIpc) is 2.56. The number of benzene rings is 1. The fraction of sp³-hybridized carbons (Fsp3) is 0.444. The van der Waals surface area contributed by atoms with Gasteiger partial charge < -0.3 is 10.6 Å². The van der Waals surface area contributed by atoms with Gasteiger partial charge in [0.25, 0.3) is 0 Å². The molecule has 126 valence electrons. The second kappa shape index (κ2) is 11.2. The van der Waals surface area contributed by atoms with Crippen LogP contribution in [-0.4, -0.2) is 24.0 Å². The summed E-state index contributed by atoms with van der Waals surface area (Å²) in [6.45, 7) is 6.80. The van der Waals surface area contributed by atoms with Crippen LogP contribution in [-0.2, 0) is 6.54 Å². The molecule has 1 aromatic heterocycles. The lowest BCUT2D eigenvalue weighted by Gasteiger charge is -2.11. The number of pyridine rings is 1. The molecular weight excluding hydrogens is 399 g/mol. The van der Waals surface area contributed by atoms with Crippen molar-refractivity contribution < 1.29 is 0 Å². The summed E-state index contributed by atoms with van der Waals surface area (Å²) < 4.78 is 0. The molecule has 0 amide bonds. The minimum atomic E-state index is 0. The summed E-state index contributed by atoms with van der Waals surface area (Å²) in [4.78, 5) is 9.09. The molecule has 4 nitrogen and oxygen atoms in total. The molecule has 0 spiro atoms. The second-order valence-electron chi connectivity index (χ2n) is 5.32. The summed E-state index contributed by atoms with van der Waals surface area (Å²) in [5.41, 5.74) is 2.23. The Hall–Kier alpha value is -1.37. The summed E-state index contributed by atoms with van der Waals surface area (Å²) in [5, 5.41) is 7.87. The molecule has 0 aliphatic heterocycles. The van der Waals surface area contributed by atoms with Gasteiger partial charge in [-0.1, -0.05) is 38.0 Å². The third-order valence-electron chi connectivity index (χ3n) is 3.56. The van der Waals surface area contributed by atoms with E-state index in [1.54, 1.807) is 0 Å². The first-order valence-corrected chi connectivity index (χ1v) is 8.20. The average molecular weight is 426 g/mol. The highest BCUT2D eigenvalue weighted by Crippen LogP contribution is 2.16. The molecule has 5 heteroatoms. The van der Waals surface area contributed by atoms with Crippen molar-refractivity contribution in [2.45, 2.75) is 39.7 Å². The van der Waals surface area contributed by atoms with E-state index >= 15 is 0 Å². The molecule has 0 unspecified atom stereocenters. The molecule has 0 bridgehead atoms. The Labute approximate surface area is 156 Å². The van der Waals surface area contributed by atoms with Crippen LogP contribution in [0.25, 0.3) is 10.9 Å².